The number of halogens is 3. The lowest BCUT2D eigenvalue weighted by atomic mass is 9.98. The van der Waals surface area contributed by atoms with Gasteiger partial charge in [-0.15, -0.1) is 0 Å². The first-order valence-electron chi connectivity index (χ1n) is 9.38. The number of alkyl halides is 3. The molecule has 2 N–H and O–H groups in total. The van der Waals surface area contributed by atoms with Crippen LogP contribution >= 0.6 is 0 Å². The molecule has 30 heavy (non-hydrogen) atoms. The van der Waals surface area contributed by atoms with Gasteiger partial charge in [0.1, 0.15) is 11.7 Å². The van der Waals surface area contributed by atoms with Crippen molar-refractivity contribution in [1.29, 1.82) is 0 Å². The number of aryl methyl sites for hydroxylation is 1. The molecule has 2 aromatic heterocycles. The van der Waals surface area contributed by atoms with Gasteiger partial charge in [-0.2, -0.15) is 13.2 Å². The predicted octanol–water partition coefficient (Wildman–Crippen LogP) is 4.78. The lowest BCUT2D eigenvalue weighted by Crippen LogP contribution is -2.15. The molecule has 158 valence electrons. The summed E-state index contributed by atoms with van der Waals surface area (Å²) < 4.78 is 38.3. The van der Waals surface area contributed by atoms with Crippen LogP contribution in [0, 0.1) is 0 Å². The molecule has 0 saturated heterocycles. The second-order valence-corrected chi connectivity index (χ2v) is 6.89. The first-order valence-corrected chi connectivity index (χ1v) is 9.38. The molecule has 0 bridgehead atoms. The minimum atomic E-state index is -4.21. The average molecular weight is 418 g/mol. The number of hydrogen-bond donors (Lipinski definition) is 2. The summed E-state index contributed by atoms with van der Waals surface area (Å²) in [6.07, 6.45) is -0.550. The highest BCUT2D eigenvalue weighted by molar-refractivity contribution is 5.75. The topological polar surface area (TPSA) is 80.0 Å². The standard InChI is InChI=1S/C21H21F3N4O2/c22-21(23,24)9-4-10-28-13-18(26-14-28)17(20(29)30)11-15-7-8-19(25-12-15)27-16-5-2-1-3-6-16/h1-3,5-8,12-14,17H,4,9-11H2,(H,25,27)(H,29,30). The van der Waals surface area contributed by atoms with Crippen LogP contribution in [0.1, 0.15) is 30.0 Å². The number of pyridine rings is 1. The van der Waals surface area contributed by atoms with Crippen molar-refractivity contribution in [2.75, 3.05) is 5.32 Å². The van der Waals surface area contributed by atoms with E-state index in [-0.39, 0.29) is 19.4 Å². The molecule has 3 aromatic rings. The van der Waals surface area contributed by atoms with Crippen LogP contribution < -0.4 is 5.32 Å². The SMILES string of the molecule is O=C(O)C(Cc1ccc(Nc2ccccc2)nc1)c1cn(CCCC(F)(F)F)cn1. The molecule has 0 amide bonds. The monoisotopic (exact) mass is 418 g/mol. The molecule has 0 spiro atoms. The normalized spacial score (nSPS) is 12.5. The number of rotatable bonds is 9. The van der Waals surface area contributed by atoms with Gasteiger partial charge < -0.3 is 15.0 Å². The zero-order valence-corrected chi connectivity index (χ0v) is 16.0. The van der Waals surface area contributed by atoms with Gasteiger partial charge in [-0.25, -0.2) is 9.97 Å². The van der Waals surface area contributed by atoms with Crippen molar-refractivity contribution in [1.82, 2.24) is 14.5 Å². The lowest BCUT2D eigenvalue weighted by molar-refractivity contribution is -0.139. The van der Waals surface area contributed by atoms with Crippen molar-refractivity contribution in [2.45, 2.75) is 37.9 Å². The highest BCUT2D eigenvalue weighted by atomic mass is 19.4. The smallest absolute Gasteiger partial charge is 0.389 e. The van der Waals surface area contributed by atoms with Crippen molar-refractivity contribution in [3.05, 3.63) is 72.4 Å². The van der Waals surface area contributed by atoms with E-state index in [0.29, 0.717) is 17.1 Å². The zero-order chi connectivity index (χ0) is 21.6. The number of aromatic nitrogens is 3. The molecule has 0 aliphatic rings. The molecule has 0 radical (unpaired) electrons. The summed E-state index contributed by atoms with van der Waals surface area (Å²) in [5.41, 5.74) is 1.91. The summed E-state index contributed by atoms with van der Waals surface area (Å²) in [4.78, 5) is 20.1. The Labute approximate surface area is 171 Å². The fourth-order valence-electron chi connectivity index (χ4n) is 2.98. The third kappa shape index (κ3) is 6.33. The predicted molar refractivity (Wildman–Crippen MR) is 106 cm³/mol. The maximum Gasteiger partial charge on any atom is 0.389 e. The summed E-state index contributed by atoms with van der Waals surface area (Å²) >= 11 is 0. The van der Waals surface area contributed by atoms with Crippen molar-refractivity contribution < 1.29 is 23.1 Å². The Morgan fingerprint density at radius 1 is 1.13 bits per heavy atom. The van der Waals surface area contributed by atoms with Crippen molar-refractivity contribution in [3.8, 4) is 0 Å². The van der Waals surface area contributed by atoms with Crippen LogP contribution in [0.3, 0.4) is 0 Å². The molecule has 0 aliphatic carbocycles. The Kier molecular flexibility index (Phi) is 6.71. The molecular weight excluding hydrogens is 397 g/mol. The maximum atomic E-state index is 12.3. The van der Waals surface area contributed by atoms with Crippen molar-refractivity contribution in [2.24, 2.45) is 0 Å². The van der Waals surface area contributed by atoms with Crippen LogP contribution in [0.15, 0.2) is 61.2 Å². The van der Waals surface area contributed by atoms with Gasteiger partial charge in [0.2, 0.25) is 0 Å². The van der Waals surface area contributed by atoms with Gasteiger partial charge in [0, 0.05) is 31.0 Å². The van der Waals surface area contributed by atoms with E-state index in [4.69, 9.17) is 0 Å². The molecule has 0 fully saturated rings. The van der Waals surface area contributed by atoms with Gasteiger partial charge in [0.15, 0.2) is 0 Å². The average Bonchev–Trinajstić information content (AvgIpc) is 3.15. The number of hydrogen-bond acceptors (Lipinski definition) is 4. The van der Waals surface area contributed by atoms with E-state index in [2.05, 4.69) is 15.3 Å². The largest absolute Gasteiger partial charge is 0.481 e. The van der Waals surface area contributed by atoms with E-state index in [1.54, 1.807) is 18.3 Å². The molecule has 0 aliphatic heterocycles. The summed E-state index contributed by atoms with van der Waals surface area (Å²) in [6, 6.07) is 13.1. The number of imidazole rings is 1. The Morgan fingerprint density at radius 3 is 2.53 bits per heavy atom. The maximum absolute atomic E-state index is 12.3. The Balaban J connectivity index is 1.62. The Bertz CT molecular complexity index is 956. The van der Waals surface area contributed by atoms with Gasteiger partial charge >= 0.3 is 12.1 Å². The van der Waals surface area contributed by atoms with Crippen molar-refractivity contribution >= 4 is 17.5 Å². The number of carbonyl (C=O) groups is 1. The number of benzene rings is 1. The number of aliphatic carboxylic acids is 1. The lowest BCUT2D eigenvalue weighted by Gasteiger charge is -2.11. The zero-order valence-electron chi connectivity index (χ0n) is 16.0. The van der Waals surface area contributed by atoms with Crippen molar-refractivity contribution in [3.63, 3.8) is 0 Å². The molecule has 0 saturated carbocycles. The molecule has 3 rings (SSSR count). The minimum absolute atomic E-state index is 0.0865. The van der Waals surface area contributed by atoms with E-state index < -0.39 is 24.5 Å². The van der Waals surface area contributed by atoms with Crippen LogP contribution in [-0.2, 0) is 17.8 Å². The molecule has 6 nitrogen and oxygen atoms in total. The van der Waals surface area contributed by atoms with Crippen LogP contribution in [0.25, 0.3) is 0 Å². The number of anilines is 2. The second kappa shape index (κ2) is 9.43. The third-order valence-corrected chi connectivity index (χ3v) is 4.50. The van der Waals surface area contributed by atoms with Gasteiger partial charge in [-0.05, 0) is 36.6 Å². The van der Waals surface area contributed by atoms with Crippen LogP contribution in [0.4, 0.5) is 24.7 Å². The highest BCUT2D eigenvalue weighted by Gasteiger charge is 2.26. The molecule has 1 unspecified atom stereocenters. The summed E-state index contributed by atoms with van der Waals surface area (Å²) in [5, 5.41) is 12.7. The number of nitrogens with zero attached hydrogens (tertiary/aromatic N) is 3. The van der Waals surface area contributed by atoms with Gasteiger partial charge in [-0.3, -0.25) is 4.79 Å². The Morgan fingerprint density at radius 2 is 1.90 bits per heavy atom. The van der Waals surface area contributed by atoms with Crippen LogP contribution in [-0.4, -0.2) is 31.8 Å². The molecular formula is C21H21F3N4O2. The summed E-state index contributed by atoms with van der Waals surface area (Å²) in [5.74, 6) is -1.34. The van der Waals surface area contributed by atoms with E-state index in [1.165, 1.54) is 17.1 Å². The summed E-state index contributed by atoms with van der Waals surface area (Å²) in [7, 11) is 0. The van der Waals surface area contributed by atoms with Gasteiger partial charge in [0.25, 0.3) is 0 Å². The van der Waals surface area contributed by atoms with Crippen LogP contribution in [0.2, 0.25) is 0 Å². The minimum Gasteiger partial charge on any atom is -0.481 e. The highest BCUT2D eigenvalue weighted by Crippen LogP contribution is 2.23. The number of carboxylic acid groups (broad SMARTS) is 1. The fourth-order valence-corrected chi connectivity index (χ4v) is 2.98. The number of nitrogens with one attached hydrogen (secondary N) is 1. The number of para-hydroxylation sites is 1. The van der Waals surface area contributed by atoms with Crippen LogP contribution in [0.5, 0.6) is 0 Å². The summed E-state index contributed by atoms with van der Waals surface area (Å²) in [6.45, 7) is 0.125. The molecule has 1 aromatic carbocycles. The molecule has 2 heterocycles. The van der Waals surface area contributed by atoms with E-state index in [0.717, 1.165) is 5.69 Å². The molecule has 1 atom stereocenters. The molecule has 9 heteroatoms. The van der Waals surface area contributed by atoms with Gasteiger partial charge in [0.05, 0.1) is 12.0 Å². The Hall–Kier alpha value is -3.36. The van der Waals surface area contributed by atoms with Gasteiger partial charge in [-0.1, -0.05) is 24.3 Å². The van der Waals surface area contributed by atoms with E-state index >= 15 is 0 Å². The number of carboxylic acids is 1. The van der Waals surface area contributed by atoms with E-state index in [1.807, 2.05) is 30.3 Å². The van der Waals surface area contributed by atoms with E-state index in [9.17, 15) is 23.1 Å². The first-order chi connectivity index (χ1) is 14.3. The first kappa shape index (κ1) is 21.4. The third-order valence-electron chi connectivity index (χ3n) is 4.50. The second-order valence-electron chi connectivity index (χ2n) is 6.89. The fraction of sp³-hybridized carbons (Fsp3) is 0.286. The quantitative estimate of drug-likeness (QED) is 0.523.